The second-order valence-electron chi connectivity index (χ2n) is 13.8. The zero-order valence-electron chi connectivity index (χ0n) is 23.6. The van der Waals surface area contributed by atoms with Crippen LogP contribution in [0.3, 0.4) is 0 Å². The van der Waals surface area contributed by atoms with Crippen molar-refractivity contribution < 1.29 is 0 Å². The lowest BCUT2D eigenvalue weighted by atomic mass is 9.74. The predicted molar refractivity (Wildman–Crippen MR) is 150 cm³/mol. The van der Waals surface area contributed by atoms with Crippen molar-refractivity contribution in [3.8, 4) is 11.1 Å². The lowest BCUT2D eigenvalue weighted by Crippen LogP contribution is -2.16. The molecule has 0 amide bonds. The highest BCUT2D eigenvalue weighted by molar-refractivity contribution is 5.83. The highest BCUT2D eigenvalue weighted by Gasteiger charge is 2.39. The van der Waals surface area contributed by atoms with Crippen LogP contribution in [-0.2, 0) is 10.8 Å². The molecule has 0 heterocycles. The smallest absolute Gasteiger partial charge is 0.0358 e. The van der Waals surface area contributed by atoms with E-state index in [0.717, 1.165) is 0 Å². The van der Waals surface area contributed by atoms with Gasteiger partial charge in [0.2, 0.25) is 0 Å². The van der Waals surface area contributed by atoms with Gasteiger partial charge in [0.05, 0.1) is 0 Å². The molecule has 2 aromatic carbocycles. The van der Waals surface area contributed by atoms with Crippen LogP contribution in [0.15, 0.2) is 70.3 Å². The molecule has 4 rings (SSSR count). The van der Waals surface area contributed by atoms with Gasteiger partial charge in [-0.1, -0.05) is 110 Å². The van der Waals surface area contributed by atoms with Gasteiger partial charge in [-0.2, -0.15) is 0 Å². The molecule has 0 saturated heterocycles. The molecule has 34 heavy (non-hydrogen) atoms. The SMILES string of the molecule is CC1=CC(=C(C)C)C(C(C)(C)C)=C1C1c2cc(C(C)(C)C)ccc2-c2ccc(C(C)(C)C)cc21. The molecule has 2 aromatic rings. The van der Waals surface area contributed by atoms with E-state index in [-0.39, 0.29) is 22.2 Å². The molecule has 0 spiro atoms. The molecule has 0 atom stereocenters. The highest BCUT2D eigenvalue weighted by atomic mass is 14.4. The Morgan fingerprint density at radius 1 is 0.647 bits per heavy atom. The van der Waals surface area contributed by atoms with Crippen molar-refractivity contribution in [2.45, 2.75) is 99.8 Å². The lowest BCUT2D eigenvalue weighted by Gasteiger charge is -2.30. The largest absolute Gasteiger partial charge is 0.0689 e. The normalized spacial score (nSPS) is 16.7. The van der Waals surface area contributed by atoms with Crippen molar-refractivity contribution in [2.75, 3.05) is 0 Å². The van der Waals surface area contributed by atoms with E-state index in [1.54, 1.807) is 0 Å². The molecule has 0 heteroatoms. The fourth-order valence-electron chi connectivity index (χ4n) is 5.79. The molecule has 2 aliphatic carbocycles. The summed E-state index contributed by atoms with van der Waals surface area (Å²) >= 11 is 0. The highest BCUT2D eigenvalue weighted by Crippen LogP contribution is 2.56. The summed E-state index contributed by atoms with van der Waals surface area (Å²) in [5.41, 5.74) is 16.3. The van der Waals surface area contributed by atoms with Crippen molar-refractivity contribution >= 4 is 0 Å². The van der Waals surface area contributed by atoms with E-state index in [1.807, 2.05) is 0 Å². The minimum absolute atomic E-state index is 0.0718. The summed E-state index contributed by atoms with van der Waals surface area (Å²) in [4.78, 5) is 0. The first-order valence-corrected chi connectivity index (χ1v) is 12.9. The number of rotatable bonds is 1. The molecular weight excluding hydrogens is 408 g/mol. The first kappa shape index (κ1) is 24.8. The Morgan fingerprint density at radius 2 is 1.09 bits per heavy atom. The number of fused-ring (bicyclic) bond motifs is 3. The fraction of sp³-hybridized carbons (Fsp3) is 0.471. The van der Waals surface area contributed by atoms with Gasteiger partial charge in [-0.15, -0.1) is 0 Å². The number of allylic oxidation sites excluding steroid dienone is 6. The van der Waals surface area contributed by atoms with Crippen LogP contribution in [0.25, 0.3) is 11.1 Å². The second-order valence-corrected chi connectivity index (χ2v) is 13.8. The zero-order valence-corrected chi connectivity index (χ0v) is 23.6. The van der Waals surface area contributed by atoms with E-state index >= 15 is 0 Å². The molecule has 0 aromatic heterocycles. The third-order valence-electron chi connectivity index (χ3n) is 7.65. The summed E-state index contributed by atoms with van der Waals surface area (Å²) in [7, 11) is 0. The summed E-state index contributed by atoms with van der Waals surface area (Å²) in [6.45, 7) is 27.9. The van der Waals surface area contributed by atoms with Crippen LogP contribution >= 0.6 is 0 Å². The first-order chi connectivity index (χ1) is 15.5. The zero-order chi connectivity index (χ0) is 25.4. The van der Waals surface area contributed by atoms with Gasteiger partial charge in [-0.25, -0.2) is 0 Å². The minimum Gasteiger partial charge on any atom is -0.0689 e. The molecular formula is C34H44. The lowest BCUT2D eigenvalue weighted by molar-refractivity contribution is 0.506. The van der Waals surface area contributed by atoms with Crippen LogP contribution < -0.4 is 0 Å². The molecule has 2 aliphatic rings. The van der Waals surface area contributed by atoms with E-state index in [1.165, 1.54) is 61.2 Å². The van der Waals surface area contributed by atoms with Gasteiger partial charge in [0, 0.05) is 5.92 Å². The summed E-state index contributed by atoms with van der Waals surface area (Å²) in [5.74, 6) is 0.275. The first-order valence-electron chi connectivity index (χ1n) is 12.9. The maximum Gasteiger partial charge on any atom is 0.0358 e. The molecule has 180 valence electrons. The second kappa shape index (κ2) is 7.84. The molecule has 0 bridgehead atoms. The number of hydrogen-bond acceptors (Lipinski definition) is 0. The molecule has 0 fully saturated rings. The average molecular weight is 453 g/mol. The van der Waals surface area contributed by atoms with Crippen molar-refractivity contribution in [3.05, 3.63) is 92.6 Å². The Bertz CT molecular complexity index is 1180. The van der Waals surface area contributed by atoms with E-state index < -0.39 is 0 Å². The van der Waals surface area contributed by atoms with Gasteiger partial charge >= 0.3 is 0 Å². The van der Waals surface area contributed by atoms with Gasteiger partial charge < -0.3 is 0 Å². The molecule has 0 unspecified atom stereocenters. The molecule has 0 aliphatic heterocycles. The Labute approximate surface area is 208 Å². The van der Waals surface area contributed by atoms with Crippen LogP contribution in [0.4, 0.5) is 0 Å². The van der Waals surface area contributed by atoms with Crippen molar-refractivity contribution in [1.82, 2.24) is 0 Å². The summed E-state index contributed by atoms with van der Waals surface area (Å²) in [6.07, 6.45) is 2.45. The monoisotopic (exact) mass is 452 g/mol. The van der Waals surface area contributed by atoms with Gasteiger partial charge in [0.25, 0.3) is 0 Å². The van der Waals surface area contributed by atoms with Crippen LogP contribution in [0.2, 0.25) is 0 Å². The third-order valence-corrected chi connectivity index (χ3v) is 7.65. The number of benzene rings is 2. The van der Waals surface area contributed by atoms with E-state index in [0.29, 0.717) is 0 Å². The van der Waals surface area contributed by atoms with Crippen LogP contribution in [0.5, 0.6) is 0 Å². The molecule has 0 saturated carbocycles. The van der Waals surface area contributed by atoms with Crippen molar-refractivity contribution in [2.24, 2.45) is 5.41 Å². The summed E-state index contributed by atoms with van der Waals surface area (Å²) in [5, 5.41) is 0. The van der Waals surface area contributed by atoms with Crippen LogP contribution in [0, 0.1) is 5.41 Å². The summed E-state index contributed by atoms with van der Waals surface area (Å²) < 4.78 is 0. The average Bonchev–Trinajstić information content (AvgIpc) is 3.20. The number of hydrogen-bond donors (Lipinski definition) is 0. The predicted octanol–water partition coefficient (Wildman–Crippen LogP) is 10.0. The van der Waals surface area contributed by atoms with E-state index in [9.17, 15) is 0 Å². The van der Waals surface area contributed by atoms with E-state index in [2.05, 4.69) is 126 Å². The fourth-order valence-corrected chi connectivity index (χ4v) is 5.79. The van der Waals surface area contributed by atoms with Crippen LogP contribution in [-0.4, -0.2) is 0 Å². The summed E-state index contributed by atoms with van der Waals surface area (Å²) in [6, 6.07) is 14.5. The molecule has 0 radical (unpaired) electrons. The Kier molecular flexibility index (Phi) is 5.71. The topological polar surface area (TPSA) is 0 Å². The Morgan fingerprint density at radius 3 is 1.44 bits per heavy atom. The maximum atomic E-state index is 2.51. The molecule has 0 nitrogen and oxygen atoms in total. The third kappa shape index (κ3) is 4.04. The van der Waals surface area contributed by atoms with Gasteiger partial charge in [0.1, 0.15) is 0 Å². The van der Waals surface area contributed by atoms with Crippen molar-refractivity contribution in [1.29, 1.82) is 0 Å². The van der Waals surface area contributed by atoms with Gasteiger partial charge in [-0.05, 0) is 92.7 Å². The maximum absolute atomic E-state index is 2.51. The Hall–Kier alpha value is -2.34. The van der Waals surface area contributed by atoms with Gasteiger partial charge in [-0.3, -0.25) is 0 Å². The van der Waals surface area contributed by atoms with Crippen LogP contribution in [0.1, 0.15) is 111 Å². The standard InChI is InChI=1S/C34H44/c1-20(2)26-17-21(3)29(31(26)34(10,11)12)30-27-18-22(32(4,5)6)13-15-24(27)25-16-14-23(19-28(25)30)33(7,8)9/h13-19,30H,1-12H3. The van der Waals surface area contributed by atoms with Crippen molar-refractivity contribution in [3.63, 3.8) is 0 Å². The minimum atomic E-state index is 0.0718. The van der Waals surface area contributed by atoms with E-state index in [4.69, 9.17) is 0 Å². The Balaban J connectivity index is 2.11. The molecule has 0 N–H and O–H groups in total. The van der Waals surface area contributed by atoms with Gasteiger partial charge in [0.15, 0.2) is 0 Å². The quantitative estimate of drug-likeness (QED) is 0.404.